The Bertz CT molecular complexity index is 904. The van der Waals surface area contributed by atoms with Crippen LogP contribution in [0.15, 0.2) is 30.7 Å². The summed E-state index contributed by atoms with van der Waals surface area (Å²) in [7, 11) is 1.67. The molecule has 24 heavy (non-hydrogen) atoms. The summed E-state index contributed by atoms with van der Waals surface area (Å²) in [6.45, 7) is 0.435. The highest BCUT2D eigenvalue weighted by Crippen LogP contribution is 2.23. The zero-order valence-corrected chi connectivity index (χ0v) is 14.6. The molecule has 10 heteroatoms. The van der Waals surface area contributed by atoms with Crippen molar-refractivity contribution >= 4 is 46.7 Å². The number of hydrogen-bond acceptors (Lipinski definition) is 4. The molecule has 2 heterocycles. The Hall–Kier alpha value is -2.09. The second-order valence-corrected chi connectivity index (χ2v) is 6.19. The Labute approximate surface area is 152 Å². The van der Waals surface area contributed by atoms with E-state index in [9.17, 15) is 4.79 Å². The normalized spacial score (nSPS) is 10.8. The number of benzene rings is 1. The van der Waals surface area contributed by atoms with Gasteiger partial charge in [-0.05, 0) is 17.7 Å². The molecule has 0 bridgehead atoms. The molecule has 7 nitrogen and oxygen atoms in total. The van der Waals surface area contributed by atoms with Crippen LogP contribution in [0.2, 0.25) is 15.1 Å². The van der Waals surface area contributed by atoms with E-state index >= 15 is 0 Å². The van der Waals surface area contributed by atoms with E-state index in [1.165, 1.54) is 17.2 Å². The number of anilines is 1. The van der Waals surface area contributed by atoms with Crippen molar-refractivity contribution in [2.75, 3.05) is 5.32 Å². The number of halogens is 3. The summed E-state index contributed by atoms with van der Waals surface area (Å²) in [6, 6.07) is 5.29. The number of rotatable bonds is 4. The van der Waals surface area contributed by atoms with Gasteiger partial charge in [0, 0.05) is 13.2 Å². The molecule has 124 valence electrons. The first kappa shape index (κ1) is 16.8. The largest absolute Gasteiger partial charge is 0.288 e. The topological polar surface area (TPSA) is 77.6 Å². The van der Waals surface area contributed by atoms with Crippen molar-refractivity contribution in [3.8, 4) is 0 Å². The predicted octanol–water partition coefficient (Wildman–Crippen LogP) is 3.27. The molecule has 2 aromatic heterocycles. The number of nitrogens with one attached hydrogen (secondary N) is 1. The minimum Gasteiger partial charge on any atom is -0.288 e. The van der Waals surface area contributed by atoms with Crippen molar-refractivity contribution in [3.63, 3.8) is 0 Å². The van der Waals surface area contributed by atoms with Crippen LogP contribution in [0.4, 0.5) is 5.95 Å². The number of aromatic nitrogens is 5. The first-order valence-electron chi connectivity index (χ1n) is 6.76. The molecule has 0 radical (unpaired) electrons. The van der Waals surface area contributed by atoms with Gasteiger partial charge in [0.25, 0.3) is 5.91 Å². The van der Waals surface area contributed by atoms with Crippen molar-refractivity contribution in [2.45, 2.75) is 6.54 Å². The fraction of sp³-hybridized carbons (Fsp3) is 0.143. The molecule has 0 aliphatic carbocycles. The molecule has 1 amide bonds. The van der Waals surface area contributed by atoms with E-state index in [2.05, 4.69) is 20.5 Å². The summed E-state index contributed by atoms with van der Waals surface area (Å²) >= 11 is 17.8. The highest BCUT2D eigenvalue weighted by atomic mass is 35.5. The van der Waals surface area contributed by atoms with Crippen LogP contribution >= 0.6 is 34.8 Å². The van der Waals surface area contributed by atoms with Crippen molar-refractivity contribution < 1.29 is 4.79 Å². The summed E-state index contributed by atoms with van der Waals surface area (Å²) in [6.07, 6.45) is 3.03. The maximum atomic E-state index is 12.1. The second-order valence-electron chi connectivity index (χ2n) is 4.97. The number of hydrogen-bond donors (Lipinski definition) is 1. The summed E-state index contributed by atoms with van der Waals surface area (Å²) in [5, 5.41) is 11.9. The molecule has 3 aromatic rings. The second kappa shape index (κ2) is 6.80. The molecule has 0 saturated carbocycles. The SMILES string of the molecule is Cn1cc(Cl)c(C(=O)Nc2ncn(Cc3ccc(Cl)c(Cl)c3)n2)n1. The van der Waals surface area contributed by atoms with Gasteiger partial charge in [-0.15, -0.1) is 5.10 Å². The number of carbonyl (C=O) groups excluding carboxylic acids is 1. The molecule has 0 spiro atoms. The first-order valence-corrected chi connectivity index (χ1v) is 7.89. The van der Waals surface area contributed by atoms with Crippen molar-refractivity contribution in [1.82, 2.24) is 24.5 Å². The molecule has 0 unspecified atom stereocenters. The van der Waals surface area contributed by atoms with Gasteiger partial charge in [0.15, 0.2) is 5.69 Å². The first-order chi connectivity index (χ1) is 11.4. The van der Waals surface area contributed by atoms with Crippen LogP contribution in [-0.2, 0) is 13.6 Å². The van der Waals surface area contributed by atoms with Crippen molar-refractivity contribution in [1.29, 1.82) is 0 Å². The molecule has 0 fully saturated rings. The smallest absolute Gasteiger partial charge is 0.280 e. The number of carbonyl (C=O) groups is 1. The summed E-state index contributed by atoms with van der Waals surface area (Å²) in [5.74, 6) is -0.324. The van der Waals surface area contributed by atoms with Crippen LogP contribution < -0.4 is 5.32 Å². The Morgan fingerprint density at radius 1 is 1.17 bits per heavy atom. The van der Waals surface area contributed by atoms with Crippen LogP contribution in [0.1, 0.15) is 16.1 Å². The summed E-state index contributed by atoms with van der Waals surface area (Å²) in [4.78, 5) is 16.1. The zero-order chi connectivity index (χ0) is 17.3. The Balaban J connectivity index is 1.70. The molecule has 0 aliphatic heterocycles. The third-order valence-corrected chi connectivity index (χ3v) is 4.11. The fourth-order valence-corrected chi connectivity index (χ4v) is 2.61. The predicted molar refractivity (Wildman–Crippen MR) is 91.8 cm³/mol. The van der Waals surface area contributed by atoms with Crippen LogP contribution in [-0.4, -0.2) is 30.5 Å². The monoisotopic (exact) mass is 384 g/mol. The molecular weight excluding hydrogens is 375 g/mol. The molecule has 0 aliphatic rings. The molecule has 0 saturated heterocycles. The van der Waals surface area contributed by atoms with Gasteiger partial charge in [0.05, 0.1) is 21.6 Å². The Kier molecular flexibility index (Phi) is 4.75. The van der Waals surface area contributed by atoms with E-state index in [-0.39, 0.29) is 16.7 Å². The highest BCUT2D eigenvalue weighted by Gasteiger charge is 2.16. The van der Waals surface area contributed by atoms with Gasteiger partial charge in [-0.2, -0.15) is 5.10 Å². The van der Waals surface area contributed by atoms with Crippen LogP contribution in [0.3, 0.4) is 0 Å². The van der Waals surface area contributed by atoms with Gasteiger partial charge in [-0.1, -0.05) is 40.9 Å². The number of aryl methyl sites for hydroxylation is 1. The average Bonchev–Trinajstić information content (AvgIpc) is 3.09. The molecule has 1 aromatic carbocycles. The Morgan fingerprint density at radius 2 is 1.96 bits per heavy atom. The Morgan fingerprint density at radius 3 is 2.62 bits per heavy atom. The van der Waals surface area contributed by atoms with Gasteiger partial charge in [-0.25, -0.2) is 9.67 Å². The molecular formula is C14H11Cl3N6O. The van der Waals surface area contributed by atoms with Gasteiger partial charge in [0.1, 0.15) is 6.33 Å². The lowest BCUT2D eigenvalue weighted by molar-refractivity contribution is 0.102. The quantitative estimate of drug-likeness (QED) is 0.747. The van der Waals surface area contributed by atoms with E-state index < -0.39 is 5.91 Å². The minimum atomic E-state index is -0.479. The lowest BCUT2D eigenvalue weighted by atomic mass is 10.2. The lowest BCUT2D eigenvalue weighted by Crippen LogP contribution is -2.15. The van der Waals surface area contributed by atoms with Gasteiger partial charge in [-0.3, -0.25) is 14.8 Å². The number of amides is 1. The average molecular weight is 386 g/mol. The number of nitrogens with zero attached hydrogens (tertiary/aromatic N) is 5. The maximum absolute atomic E-state index is 12.1. The third-order valence-electron chi connectivity index (χ3n) is 3.09. The van der Waals surface area contributed by atoms with E-state index in [1.54, 1.807) is 23.9 Å². The van der Waals surface area contributed by atoms with E-state index in [0.29, 0.717) is 16.6 Å². The van der Waals surface area contributed by atoms with Crippen LogP contribution in [0.25, 0.3) is 0 Å². The standard InChI is InChI=1S/C14H11Cl3N6O/c1-22-6-11(17)12(20-22)13(24)19-14-18-7-23(21-14)5-8-2-3-9(15)10(16)4-8/h2-4,6-7H,5H2,1H3,(H,19,21,24). The fourth-order valence-electron chi connectivity index (χ4n) is 2.03. The zero-order valence-electron chi connectivity index (χ0n) is 12.4. The van der Waals surface area contributed by atoms with Gasteiger partial charge < -0.3 is 0 Å². The van der Waals surface area contributed by atoms with Gasteiger partial charge >= 0.3 is 0 Å². The molecule has 1 N–H and O–H groups in total. The van der Waals surface area contributed by atoms with E-state index in [0.717, 1.165) is 5.56 Å². The van der Waals surface area contributed by atoms with Crippen LogP contribution in [0, 0.1) is 0 Å². The minimum absolute atomic E-state index is 0.111. The van der Waals surface area contributed by atoms with Gasteiger partial charge in [0.2, 0.25) is 5.95 Å². The molecule has 0 atom stereocenters. The maximum Gasteiger partial charge on any atom is 0.280 e. The third kappa shape index (κ3) is 3.69. The molecule has 3 rings (SSSR count). The van der Waals surface area contributed by atoms with Crippen molar-refractivity contribution in [2.24, 2.45) is 7.05 Å². The summed E-state index contributed by atoms with van der Waals surface area (Å²) < 4.78 is 3.02. The van der Waals surface area contributed by atoms with E-state index in [4.69, 9.17) is 34.8 Å². The van der Waals surface area contributed by atoms with Crippen LogP contribution in [0.5, 0.6) is 0 Å². The lowest BCUT2D eigenvalue weighted by Gasteiger charge is -2.03. The van der Waals surface area contributed by atoms with E-state index in [1.807, 2.05) is 6.07 Å². The highest BCUT2D eigenvalue weighted by molar-refractivity contribution is 6.42. The summed E-state index contributed by atoms with van der Waals surface area (Å²) in [5.41, 5.74) is 1.01. The van der Waals surface area contributed by atoms with Crippen molar-refractivity contribution in [3.05, 3.63) is 57.0 Å².